The van der Waals surface area contributed by atoms with Crippen LogP contribution in [0.5, 0.6) is 0 Å². The van der Waals surface area contributed by atoms with E-state index in [0.29, 0.717) is 13.0 Å². The van der Waals surface area contributed by atoms with Gasteiger partial charge in [0, 0.05) is 14.5 Å². The van der Waals surface area contributed by atoms with E-state index in [2.05, 4.69) is 13.1 Å². The SMILES string of the molecule is C[Si]1(C)CCCOC(=O)CCC1. The third-order valence-electron chi connectivity index (χ3n) is 2.50. The van der Waals surface area contributed by atoms with Crippen molar-refractivity contribution in [1.82, 2.24) is 0 Å². The van der Waals surface area contributed by atoms with E-state index in [1.807, 2.05) is 0 Å². The van der Waals surface area contributed by atoms with Gasteiger partial charge in [0.25, 0.3) is 0 Å². The predicted octanol–water partition coefficient (Wildman–Crippen LogP) is 2.42. The summed E-state index contributed by atoms with van der Waals surface area (Å²) in [6, 6.07) is 2.59. The normalized spacial score (nSPS) is 25.0. The summed E-state index contributed by atoms with van der Waals surface area (Å²) >= 11 is 0. The van der Waals surface area contributed by atoms with Crippen LogP contribution >= 0.6 is 0 Å². The summed E-state index contributed by atoms with van der Waals surface area (Å²) in [4.78, 5) is 11.0. The molecule has 1 saturated heterocycles. The Morgan fingerprint density at radius 3 is 2.67 bits per heavy atom. The molecule has 0 amide bonds. The number of carbonyl (C=O) groups is 1. The molecule has 12 heavy (non-hydrogen) atoms. The van der Waals surface area contributed by atoms with Gasteiger partial charge in [-0.1, -0.05) is 25.2 Å². The van der Waals surface area contributed by atoms with Gasteiger partial charge >= 0.3 is 5.97 Å². The highest BCUT2D eigenvalue weighted by atomic mass is 28.3. The van der Waals surface area contributed by atoms with Crippen LogP contribution in [0.2, 0.25) is 25.2 Å². The van der Waals surface area contributed by atoms with E-state index in [9.17, 15) is 4.79 Å². The number of hydrogen-bond donors (Lipinski definition) is 0. The van der Waals surface area contributed by atoms with Crippen molar-refractivity contribution < 1.29 is 9.53 Å². The number of cyclic esters (lactones) is 1. The van der Waals surface area contributed by atoms with Crippen molar-refractivity contribution >= 4 is 14.0 Å². The fraction of sp³-hybridized carbons (Fsp3) is 0.889. The fourth-order valence-corrected chi connectivity index (χ4v) is 4.13. The summed E-state index contributed by atoms with van der Waals surface area (Å²) in [5.41, 5.74) is 0. The van der Waals surface area contributed by atoms with Gasteiger partial charge in [0.1, 0.15) is 0 Å². The third kappa shape index (κ3) is 3.39. The Balaban J connectivity index is 2.42. The second-order valence-corrected chi connectivity index (χ2v) is 9.67. The lowest BCUT2D eigenvalue weighted by Gasteiger charge is -2.20. The van der Waals surface area contributed by atoms with E-state index in [1.54, 1.807) is 0 Å². The van der Waals surface area contributed by atoms with E-state index >= 15 is 0 Å². The van der Waals surface area contributed by atoms with Crippen molar-refractivity contribution in [3.8, 4) is 0 Å². The Morgan fingerprint density at radius 2 is 1.92 bits per heavy atom. The molecule has 0 aromatic rings. The molecule has 0 unspecified atom stereocenters. The van der Waals surface area contributed by atoms with Gasteiger partial charge in [-0.25, -0.2) is 0 Å². The number of esters is 1. The monoisotopic (exact) mass is 186 g/mol. The molecule has 1 fully saturated rings. The average Bonchev–Trinajstić information content (AvgIpc) is 2.02. The summed E-state index contributed by atoms with van der Waals surface area (Å²) in [6.45, 7) is 5.46. The molecule has 0 N–H and O–H groups in total. The second kappa shape index (κ2) is 4.08. The van der Waals surface area contributed by atoms with Gasteiger partial charge in [-0.2, -0.15) is 0 Å². The van der Waals surface area contributed by atoms with Crippen LogP contribution in [0.4, 0.5) is 0 Å². The zero-order chi connectivity index (χ0) is 9.03. The van der Waals surface area contributed by atoms with E-state index in [1.165, 1.54) is 12.1 Å². The fourth-order valence-electron chi connectivity index (χ4n) is 1.65. The van der Waals surface area contributed by atoms with Gasteiger partial charge in [0.2, 0.25) is 0 Å². The zero-order valence-corrected chi connectivity index (χ0v) is 9.06. The number of hydrogen-bond acceptors (Lipinski definition) is 2. The van der Waals surface area contributed by atoms with Crippen LogP contribution in [0.1, 0.15) is 19.3 Å². The molecule has 0 spiro atoms. The molecule has 0 aromatic carbocycles. The first-order chi connectivity index (χ1) is 5.60. The predicted molar refractivity (Wildman–Crippen MR) is 51.9 cm³/mol. The quantitative estimate of drug-likeness (QED) is 0.429. The molecule has 1 aliphatic rings. The standard InChI is InChI=1S/C9H18O2Si/c1-12(2)7-3-5-9(10)11-6-4-8-12/h3-8H2,1-2H3. The third-order valence-corrected chi connectivity index (χ3v) is 5.91. The largest absolute Gasteiger partial charge is 0.466 e. The molecule has 70 valence electrons. The lowest BCUT2D eigenvalue weighted by molar-refractivity contribution is -0.143. The Labute approximate surface area is 75.3 Å². The van der Waals surface area contributed by atoms with E-state index in [-0.39, 0.29) is 5.97 Å². The van der Waals surface area contributed by atoms with Crippen LogP contribution in [0.25, 0.3) is 0 Å². The Bertz CT molecular complexity index is 166. The second-order valence-electron chi connectivity index (χ2n) is 4.34. The summed E-state index contributed by atoms with van der Waals surface area (Å²) in [5.74, 6) is 0.00157. The molecular weight excluding hydrogens is 168 g/mol. The molecule has 0 radical (unpaired) electrons. The first-order valence-corrected chi connectivity index (χ1v) is 8.17. The highest BCUT2D eigenvalue weighted by Gasteiger charge is 2.21. The van der Waals surface area contributed by atoms with Crippen molar-refractivity contribution in [3.63, 3.8) is 0 Å². The van der Waals surface area contributed by atoms with Crippen molar-refractivity contribution in [2.75, 3.05) is 6.61 Å². The number of carbonyl (C=O) groups excluding carboxylic acids is 1. The highest BCUT2D eigenvalue weighted by molar-refractivity contribution is 6.77. The van der Waals surface area contributed by atoms with Crippen molar-refractivity contribution in [2.45, 2.75) is 44.4 Å². The van der Waals surface area contributed by atoms with Gasteiger partial charge in [-0.3, -0.25) is 4.79 Å². The topological polar surface area (TPSA) is 26.3 Å². The van der Waals surface area contributed by atoms with Crippen LogP contribution < -0.4 is 0 Å². The smallest absolute Gasteiger partial charge is 0.305 e. The van der Waals surface area contributed by atoms with Gasteiger partial charge in [0.05, 0.1) is 6.61 Å². The maximum Gasteiger partial charge on any atom is 0.305 e. The molecule has 0 atom stereocenters. The van der Waals surface area contributed by atoms with Gasteiger partial charge in [-0.15, -0.1) is 0 Å². The Hall–Kier alpha value is -0.313. The van der Waals surface area contributed by atoms with Crippen LogP contribution in [0, 0.1) is 0 Å². The molecule has 0 aliphatic carbocycles. The minimum Gasteiger partial charge on any atom is -0.466 e. The molecule has 1 aliphatic heterocycles. The zero-order valence-electron chi connectivity index (χ0n) is 8.06. The number of ether oxygens (including phenoxy) is 1. The minimum absolute atomic E-state index is 0.00157. The van der Waals surface area contributed by atoms with Crippen LogP contribution in [-0.4, -0.2) is 20.7 Å². The molecule has 2 nitrogen and oxygen atoms in total. The maximum atomic E-state index is 11.0. The van der Waals surface area contributed by atoms with Gasteiger partial charge in [-0.05, 0) is 12.8 Å². The molecule has 0 saturated carbocycles. The van der Waals surface area contributed by atoms with E-state index in [0.717, 1.165) is 12.8 Å². The van der Waals surface area contributed by atoms with Gasteiger partial charge in [0.15, 0.2) is 0 Å². The first kappa shape index (κ1) is 9.77. The van der Waals surface area contributed by atoms with Crippen molar-refractivity contribution in [2.24, 2.45) is 0 Å². The summed E-state index contributed by atoms with van der Waals surface area (Å²) < 4.78 is 5.04. The molecule has 0 bridgehead atoms. The Kier molecular flexibility index (Phi) is 3.32. The van der Waals surface area contributed by atoms with E-state index in [4.69, 9.17) is 4.74 Å². The Morgan fingerprint density at radius 1 is 1.25 bits per heavy atom. The molecule has 1 heterocycles. The van der Waals surface area contributed by atoms with Crippen molar-refractivity contribution in [1.29, 1.82) is 0 Å². The van der Waals surface area contributed by atoms with Crippen LogP contribution in [0.3, 0.4) is 0 Å². The van der Waals surface area contributed by atoms with E-state index < -0.39 is 8.07 Å². The highest BCUT2D eigenvalue weighted by Crippen LogP contribution is 2.22. The summed E-state index contributed by atoms with van der Waals surface area (Å²) in [7, 11) is -0.967. The van der Waals surface area contributed by atoms with Crippen LogP contribution in [-0.2, 0) is 9.53 Å². The summed E-state index contributed by atoms with van der Waals surface area (Å²) in [5, 5.41) is 0. The van der Waals surface area contributed by atoms with Crippen molar-refractivity contribution in [3.05, 3.63) is 0 Å². The molecule has 1 rings (SSSR count). The molecule has 3 heteroatoms. The number of rotatable bonds is 0. The first-order valence-electron chi connectivity index (χ1n) is 4.76. The van der Waals surface area contributed by atoms with Crippen LogP contribution in [0.15, 0.2) is 0 Å². The minimum atomic E-state index is -0.967. The van der Waals surface area contributed by atoms with Gasteiger partial charge < -0.3 is 4.74 Å². The average molecular weight is 186 g/mol. The molecule has 0 aromatic heterocycles. The summed E-state index contributed by atoms with van der Waals surface area (Å²) in [6.07, 6.45) is 2.75. The lowest BCUT2D eigenvalue weighted by Crippen LogP contribution is -2.24. The molecular formula is C9H18O2Si. The maximum absolute atomic E-state index is 11.0. The lowest BCUT2D eigenvalue weighted by atomic mass is 10.3.